The van der Waals surface area contributed by atoms with Gasteiger partial charge in [0.05, 0.1) is 0 Å². The van der Waals surface area contributed by atoms with Crippen LogP contribution in [-0.2, 0) is 14.8 Å². The van der Waals surface area contributed by atoms with Gasteiger partial charge >= 0.3 is 0 Å². The molecule has 3 heteroatoms. The van der Waals surface area contributed by atoms with Gasteiger partial charge in [0.2, 0.25) is 0 Å². The van der Waals surface area contributed by atoms with Crippen LogP contribution in [0.15, 0.2) is 30.3 Å². The van der Waals surface area contributed by atoms with Gasteiger partial charge in [0.1, 0.15) is 5.60 Å². The van der Waals surface area contributed by atoms with Crippen molar-refractivity contribution in [2.24, 2.45) is 5.92 Å². The van der Waals surface area contributed by atoms with Crippen molar-refractivity contribution in [3.8, 4) is 0 Å². The molecule has 0 aliphatic heterocycles. The van der Waals surface area contributed by atoms with E-state index in [1.165, 1.54) is 12.8 Å². The van der Waals surface area contributed by atoms with Gasteiger partial charge in [-0.25, -0.2) is 0 Å². The van der Waals surface area contributed by atoms with Crippen LogP contribution >= 0.6 is 0 Å². The van der Waals surface area contributed by atoms with Crippen LogP contribution in [0.4, 0.5) is 0 Å². The molecule has 0 amide bonds. The third kappa shape index (κ3) is 3.64. The van der Waals surface area contributed by atoms with Gasteiger partial charge in [0, 0.05) is 0 Å². The lowest BCUT2D eigenvalue weighted by Crippen LogP contribution is -2.47. The molecule has 0 radical (unpaired) electrons. The van der Waals surface area contributed by atoms with E-state index in [0.717, 1.165) is 36.4 Å². The Balaban J connectivity index is 2.37. The standard InChI is InChI=1S/C18H28O2Si/c1-4-21(5-2,6-3)20-18(15-19,14-16-12-13-16)17-10-8-7-9-11-17/h7-11,15-16H,4-6,12-14H2,1-3H3. The number of carbonyl (C=O) groups is 1. The molecule has 0 aromatic heterocycles. The Morgan fingerprint density at radius 2 is 1.71 bits per heavy atom. The van der Waals surface area contributed by atoms with Gasteiger partial charge in [-0.15, -0.1) is 0 Å². The van der Waals surface area contributed by atoms with E-state index in [0.29, 0.717) is 5.92 Å². The molecular formula is C18H28O2Si. The van der Waals surface area contributed by atoms with Gasteiger partial charge in [-0.2, -0.15) is 0 Å². The summed E-state index contributed by atoms with van der Waals surface area (Å²) in [5, 5.41) is 0. The number of aldehydes is 1. The summed E-state index contributed by atoms with van der Waals surface area (Å²) in [6, 6.07) is 13.4. The maximum Gasteiger partial charge on any atom is 0.193 e. The third-order valence-corrected chi connectivity index (χ3v) is 9.74. The molecule has 2 rings (SSSR count). The highest BCUT2D eigenvalue weighted by atomic mass is 28.4. The lowest BCUT2D eigenvalue weighted by atomic mass is 9.90. The Kier molecular flexibility index (Phi) is 5.39. The fourth-order valence-electron chi connectivity index (χ4n) is 3.18. The molecule has 1 fully saturated rings. The lowest BCUT2D eigenvalue weighted by Gasteiger charge is -2.40. The average Bonchev–Trinajstić information content (AvgIpc) is 3.36. The highest BCUT2D eigenvalue weighted by Gasteiger charge is 2.45. The highest BCUT2D eigenvalue weighted by molar-refractivity contribution is 6.73. The zero-order valence-electron chi connectivity index (χ0n) is 13.6. The lowest BCUT2D eigenvalue weighted by molar-refractivity contribution is -0.124. The van der Waals surface area contributed by atoms with E-state index in [-0.39, 0.29) is 0 Å². The van der Waals surface area contributed by atoms with Crippen LogP contribution < -0.4 is 0 Å². The van der Waals surface area contributed by atoms with Crippen LogP contribution in [0.2, 0.25) is 18.1 Å². The molecule has 0 N–H and O–H groups in total. The molecular weight excluding hydrogens is 276 g/mol. The predicted molar refractivity (Wildman–Crippen MR) is 89.8 cm³/mol. The van der Waals surface area contributed by atoms with E-state index in [4.69, 9.17) is 4.43 Å². The first kappa shape index (κ1) is 16.4. The summed E-state index contributed by atoms with van der Waals surface area (Å²) >= 11 is 0. The van der Waals surface area contributed by atoms with Crippen LogP contribution in [0, 0.1) is 5.92 Å². The second kappa shape index (κ2) is 6.88. The van der Waals surface area contributed by atoms with Crippen molar-refractivity contribution in [3.63, 3.8) is 0 Å². The number of benzene rings is 1. The first-order valence-electron chi connectivity index (χ1n) is 8.35. The first-order valence-corrected chi connectivity index (χ1v) is 10.9. The zero-order valence-corrected chi connectivity index (χ0v) is 14.6. The molecule has 21 heavy (non-hydrogen) atoms. The number of hydrogen-bond acceptors (Lipinski definition) is 2. The van der Waals surface area contributed by atoms with Crippen LogP contribution in [0.25, 0.3) is 0 Å². The van der Waals surface area contributed by atoms with E-state index >= 15 is 0 Å². The van der Waals surface area contributed by atoms with Crippen molar-refractivity contribution in [2.75, 3.05) is 0 Å². The maximum absolute atomic E-state index is 12.1. The fourth-order valence-corrected chi connectivity index (χ4v) is 6.14. The predicted octanol–water partition coefficient (Wildman–Crippen LogP) is 4.90. The van der Waals surface area contributed by atoms with Crippen molar-refractivity contribution in [1.82, 2.24) is 0 Å². The molecule has 0 saturated heterocycles. The molecule has 1 atom stereocenters. The molecule has 1 unspecified atom stereocenters. The molecule has 0 spiro atoms. The molecule has 1 aliphatic carbocycles. The van der Waals surface area contributed by atoms with Crippen LogP contribution in [-0.4, -0.2) is 14.6 Å². The minimum absolute atomic E-state index is 0.660. The SMILES string of the molecule is CC[Si](CC)(CC)OC(C=O)(CC1CC1)c1ccccc1. The third-order valence-electron chi connectivity index (χ3n) is 5.07. The Morgan fingerprint density at radius 1 is 1.14 bits per heavy atom. The van der Waals surface area contributed by atoms with Crippen molar-refractivity contribution in [3.05, 3.63) is 35.9 Å². The zero-order chi connectivity index (χ0) is 15.3. The van der Waals surface area contributed by atoms with Gasteiger partial charge < -0.3 is 4.43 Å². The van der Waals surface area contributed by atoms with Crippen molar-refractivity contribution in [1.29, 1.82) is 0 Å². The fraction of sp³-hybridized carbons (Fsp3) is 0.611. The second-order valence-electron chi connectivity index (χ2n) is 6.37. The molecule has 0 heterocycles. The van der Waals surface area contributed by atoms with E-state index in [1.807, 2.05) is 18.2 Å². The van der Waals surface area contributed by atoms with Crippen molar-refractivity contribution >= 4 is 14.6 Å². The van der Waals surface area contributed by atoms with Crippen LogP contribution in [0.3, 0.4) is 0 Å². The average molecular weight is 305 g/mol. The summed E-state index contributed by atoms with van der Waals surface area (Å²) in [6.45, 7) is 6.66. The number of hydrogen-bond donors (Lipinski definition) is 0. The summed E-state index contributed by atoms with van der Waals surface area (Å²) in [5.41, 5.74) is 0.329. The van der Waals surface area contributed by atoms with E-state index in [1.54, 1.807) is 0 Å². The van der Waals surface area contributed by atoms with E-state index in [9.17, 15) is 4.79 Å². The Labute approximate surface area is 130 Å². The smallest absolute Gasteiger partial charge is 0.193 e. The molecule has 0 bridgehead atoms. The summed E-state index contributed by atoms with van der Waals surface area (Å²) in [6.07, 6.45) is 4.42. The summed E-state index contributed by atoms with van der Waals surface area (Å²) in [4.78, 5) is 12.1. The second-order valence-corrected chi connectivity index (χ2v) is 11.1. The van der Waals surface area contributed by atoms with E-state index < -0.39 is 13.9 Å². The Hall–Kier alpha value is -0.933. The minimum atomic E-state index is -1.83. The van der Waals surface area contributed by atoms with Gasteiger partial charge in [0.15, 0.2) is 14.6 Å². The topological polar surface area (TPSA) is 26.3 Å². The summed E-state index contributed by atoms with van der Waals surface area (Å²) in [7, 11) is -1.83. The first-order chi connectivity index (χ1) is 10.1. The molecule has 1 aromatic rings. The van der Waals surface area contributed by atoms with Crippen LogP contribution in [0.1, 0.15) is 45.6 Å². The Bertz CT molecular complexity index is 443. The largest absolute Gasteiger partial charge is 0.401 e. The maximum atomic E-state index is 12.1. The summed E-state index contributed by atoms with van der Waals surface area (Å²) < 4.78 is 6.73. The molecule has 1 aliphatic rings. The van der Waals surface area contributed by atoms with Gasteiger partial charge in [-0.3, -0.25) is 4.79 Å². The van der Waals surface area contributed by atoms with Crippen LogP contribution in [0.5, 0.6) is 0 Å². The molecule has 1 aromatic carbocycles. The van der Waals surface area contributed by atoms with Gasteiger partial charge in [-0.05, 0) is 36.0 Å². The highest BCUT2D eigenvalue weighted by Crippen LogP contribution is 2.44. The van der Waals surface area contributed by atoms with Gasteiger partial charge in [0.25, 0.3) is 0 Å². The van der Waals surface area contributed by atoms with Crippen molar-refractivity contribution < 1.29 is 9.22 Å². The van der Waals surface area contributed by atoms with Gasteiger partial charge in [-0.1, -0.05) is 63.9 Å². The van der Waals surface area contributed by atoms with Crippen molar-refractivity contribution in [2.45, 2.75) is 63.8 Å². The minimum Gasteiger partial charge on any atom is -0.401 e. The number of rotatable bonds is 9. The number of carbonyl (C=O) groups excluding carboxylic acids is 1. The molecule has 2 nitrogen and oxygen atoms in total. The molecule has 1 saturated carbocycles. The van der Waals surface area contributed by atoms with E-state index in [2.05, 4.69) is 32.9 Å². The monoisotopic (exact) mass is 304 g/mol. The normalized spacial score (nSPS) is 18.2. The quantitative estimate of drug-likeness (QED) is 0.479. The Morgan fingerprint density at radius 3 is 2.14 bits per heavy atom. The molecule has 116 valence electrons. The summed E-state index contributed by atoms with van der Waals surface area (Å²) in [5.74, 6) is 0.660.